The number of thiophene rings is 1. The topological polar surface area (TPSA) is 71.4 Å². The van der Waals surface area contributed by atoms with Gasteiger partial charge in [-0.3, -0.25) is 9.35 Å². The van der Waals surface area contributed by atoms with Crippen molar-refractivity contribution in [2.45, 2.75) is 31.6 Å². The van der Waals surface area contributed by atoms with E-state index in [1.165, 1.54) is 28.3 Å². The molecule has 4 nitrogen and oxygen atoms in total. The second-order valence-corrected chi connectivity index (χ2v) is 8.04. The fourth-order valence-electron chi connectivity index (χ4n) is 2.29. The minimum absolute atomic E-state index is 0.0877. The molecule has 0 saturated carbocycles. The fraction of sp³-hybridized carbons (Fsp3) is 0.312. The second kappa shape index (κ2) is 6.73. The third-order valence-corrected chi connectivity index (χ3v) is 5.44. The SMILES string of the molecule is CC(=O)c1ccc(CC(C)Cc2ccc(S(=O)(=O)O)cc2)s1. The van der Waals surface area contributed by atoms with Crippen LogP contribution in [0.4, 0.5) is 0 Å². The van der Waals surface area contributed by atoms with E-state index in [9.17, 15) is 13.2 Å². The number of benzene rings is 1. The smallest absolute Gasteiger partial charge is 0.294 e. The number of hydrogen-bond donors (Lipinski definition) is 1. The monoisotopic (exact) mass is 338 g/mol. The predicted molar refractivity (Wildman–Crippen MR) is 87.2 cm³/mol. The van der Waals surface area contributed by atoms with Gasteiger partial charge in [0.2, 0.25) is 0 Å². The molecule has 2 aromatic rings. The van der Waals surface area contributed by atoms with Gasteiger partial charge in [-0.15, -0.1) is 11.3 Å². The standard InChI is InChI=1S/C16H18O4S2/c1-11(10-14-5-8-16(21-14)12(2)17)9-13-3-6-15(7-4-13)22(18,19)20/h3-8,11H,9-10H2,1-2H3,(H,18,19,20). The van der Waals surface area contributed by atoms with Crippen LogP contribution in [0.2, 0.25) is 0 Å². The van der Waals surface area contributed by atoms with Gasteiger partial charge in [0.25, 0.3) is 10.1 Å². The molecule has 1 unspecified atom stereocenters. The molecule has 0 bridgehead atoms. The van der Waals surface area contributed by atoms with E-state index >= 15 is 0 Å². The van der Waals surface area contributed by atoms with Gasteiger partial charge in [-0.2, -0.15) is 8.42 Å². The molecule has 118 valence electrons. The molecule has 22 heavy (non-hydrogen) atoms. The molecule has 1 N–H and O–H groups in total. The minimum atomic E-state index is -4.13. The lowest BCUT2D eigenvalue weighted by molar-refractivity contribution is 0.102. The largest absolute Gasteiger partial charge is 0.294 e. The number of hydrogen-bond acceptors (Lipinski definition) is 4. The van der Waals surface area contributed by atoms with Crippen molar-refractivity contribution in [1.29, 1.82) is 0 Å². The molecule has 0 fully saturated rings. The molecule has 2 rings (SSSR count). The van der Waals surface area contributed by atoms with Crippen molar-refractivity contribution in [3.8, 4) is 0 Å². The van der Waals surface area contributed by atoms with Gasteiger partial charge in [0.05, 0.1) is 9.77 Å². The van der Waals surface area contributed by atoms with E-state index in [-0.39, 0.29) is 10.7 Å². The first-order chi connectivity index (χ1) is 10.3. The number of carbonyl (C=O) groups is 1. The first-order valence-electron chi connectivity index (χ1n) is 6.92. The van der Waals surface area contributed by atoms with Crippen LogP contribution in [0.3, 0.4) is 0 Å². The Morgan fingerprint density at radius 1 is 1.14 bits per heavy atom. The van der Waals surface area contributed by atoms with Crippen molar-refractivity contribution in [3.63, 3.8) is 0 Å². The fourth-order valence-corrected chi connectivity index (χ4v) is 3.84. The summed E-state index contributed by atoms with van der Waals surface area (Å²) in [4.78, 5) is 13.2. The minimum Gasteiger partial charge on any atom is -0.294 e. The highest BCUT2D eigenvalue weighted by Gasteiger charge is 2.11. The number of rotatable bonds is 6. The highest BCUT2D eigenvalue weighted by Crippen LogP contribution is 2.22. The quantitative estimate of drug-likeness (QED) is 0.645. The third-order valence-electron chi connectivity index (χ3n) is 3.36. The van der Waals surface area contributed by atoms with Crippen molar-refractivity contribution in [2.24, 2.45) is 5.92 Å². The van der Waals surface area contributed by atoms with E-state index in [0.29, 0.717) is 5.92 Å². The maximum absolute atomic E-state index is 11.3. The van der Waals surface area contributed by atoms with Crippen molar-refractivity contribution < 1.29 is 17.8 Å². The molecular formula is C16H18O4S2. The molecule has 0 aliphatic carbocycles. The Labute approximate surface area is 134 Å². The van der Waals surface area contributed by atoms with Gasteiger partial charge in [-0.05, 0) is 55.5 Å². The van der Waals surface area contributed by atoms with Crippen molar-refractivity contribution >= 4 is 27.2 Å². The van der Waals surface area contributed by atoms with Crippen LogP contribution in [-0.2, 0) is 23.0 Å². The molecule has 0 amide bonds. The van der Waals surface area contributed by atoms with Crippen LogP contribution < -0.4 is 0 Å². The van der Waals surface area contributed by atoms with Gasteiger partial charge in [-0.1, -0.05) is 19.1 Å². The molecule has 1 aromatic carbocycles. The molecule has 1 heterocycles. The van der Waals surface area contributed by atoms with Gasteiger partial charge in [0.1, 0.15) is 0 Å². The van der Waals surface area contributed by atoms with Gasteiger partial charge < -0.3 is 0 Å². The molecule has 0 radical (unpaired) electrons. The van der Waals surface area contributed by atoms with E-state index in [1.807, 2.05) is 12.1 Å². The summed E-state index contributed by atoms with van der Waals surface area (Å²) in [6.45, 7) is 3.68. The Morgan fingerprint density at radius 3 is 2.27 bits per heavy atom. The van der Waals surface area contributed by atoms with Crippen LogP contribution in [0.5, 0.6) is 0 Å². The zero-order valence-electron chi connectivity index (χ0n) is 12.4. The summed E-state index contributed by atoms with van der Waals surface area (Å²) >= 11 is 1.52. The molecule has 1 atom stereocenters. The first-order valence-corrected chi connectivity index (χ1v) is 9.17. The van der Waals surface area contributed by atoms with Crippen LogP contribution in [0.15, 0.2) is 41.3 Å². The summed E-state index contributed by atoms with van der Waals surface area (Å²) in [5.74, 6) is 0.458. The Morgan fingerprint density at radius 2 is 1.77 bits per heavy atom. The Bertz CT molecular complexity index is 758. The van der Waals surface area contributed by atoms with Crippen LogP contribution in [-0.4, -0.2) is 18.8 Å². The summed E-state index contributed by atoms with van der Waals surface area (Å²) in [7, 11) is -4.13. The number of carbonyl (C=O) groups excluding carboxylic acids is 1. The predicted octanol–water partition coefficient (Wildman–Crippen LogP) is 3.62. The maximum atomic E-state index is 11.3. The Kier molecular flexibility index (Phi) is 5.16. The highest BCUT2D eigenvalue weighted by molar-refractivity contribution is 7.85. The summed E-state index contributed by atoms with van der Waals surface area (Å²) in [5.41, 5.74) is 1.02. The van der Waals surface area contributed by atoms with E-state index in [0.717, 1.165) is 23.3 Å². The summed E-state index contributed by atoms with van der Waals surface area (Å²) < 4.78 is 30.9. The second-order valence-electron chi connectivity index (χ2n) is 5.45. The number of ketones is 1. The van der Waals surface area contributed by atoms with E-state index in [1.54, 1.807) is 19.1 Å². The number of Topliss-reactive ketones (excluding diaryl/α,β-unsaturated/α-hetero) is 1. The zero-order valence-corrected chi connectivity index (χ0v) is 14.1. The average Bonchev–Trinajstić information content (AvgIpc) is 2.86. The van der Waals surface area contributed by atoms with Gasteiger partial charge >= 0.3 is 0 Å². The van der Waals surface area contributed by atoms with Gasteiger partial charge in [0.15, 0.2) is 5.78 Å². The molecule has 6 heteroatoms. The molecule has 1 aromatic heterocycles. The van der Waals surface area contributed by atoms with Crippen LogP contribution in [0.25, 0.3) is 0 Å². The van der Waals surface area contributed by atoms with E-state index in [2.05, 4.69) is 6.92 Å². The molecule has 0 saturated heterocycles. The molecular weight excluding hydrogens is 320 g/mol. The van der Waals surface area contributed by atoms with Gasteiger partial charge in [0, 0.05) is 4.88 Å². The van der Waals surface area contributed by atoms with Crippen molar-refractivity contribution in [3.05, 3.63) is 51.7 Å². The van der Waals surface area contributed by atoms with E-state index in [4.69, 9.17) is 4.55 Å². The Balaban J connectivity index is 1.99. The zero-order chi connectivity index (χ0) is 16.3. The molecule has 0 aliphatic rings. The summed E-state index contributed by atoms with van der Waals surface area (Å²) in [6, 6.07) is 10.1. The van der Waals surface area contributed by atoms with Gasteiger partial charge in [-0.25, -0.2) is 0 Å². The lowest BCUT2D eigenvalue weighted by Gasteiger charge is -2.10. The maximum Gasteiger partial charge on any atom is 0.294 e. The average molecular weight is 338 g/mol. The highest BCUT2D eigenvalue weighted by atomic mass is 32.2. The molecule has 0 spiro atoms. The van der Waals surface area contributed by atoms with Crippen LogP contribution >= 0.6 is 11.3 Å². The van der Waals surface area contributed by atoms with Crippen molar-refractivity contribution in [2.75, 3.05) is 0 Å². The summed E-state index contributed by atoms with van der Waals surface area (Å²) in [5, 5.41) is 0. The Hall–Kier alpha value is -1.50. The summed E-state index contributed by atoms with van der Waals surface area (Å²) in [6.07, 6.45) is 1.68. The van der Waals surface area contributed by atoms with Crippen LogP contribution in [0, 0.1) is 5.92 Å². The third kappa shape index (κ3) is 4.50. The van der Waals surface area contributed by atoms with Crippen LogP contribution in [0.1, 0.15) is 34.0 Å². The molecule has 0 aliphatic heterocycles. The normalized spacial score (nSPS) is 13.0. The van der Waals surface area contributed by atoms with E-state index < -0.39 is 10.1 Å². The lowest BCUT2D eigenvalue weighted by Crippen LogP contribution is -2.03. The first kappa shape index (κ1) is 16.9. The van der Waals surface area contributed by atoms with Crippen molar-refractivity contribution in [1.82, 2.24) is 0 Å². The lowest BCUT2D eigenvalue weighted by atomic mass is 9.97.